The molecule has 0 N–H and O–H groups in total. The third-order valence-corrected chi connectivity index (χ3v) is 3.94. The predicted octanol–water partition coefficient (Wildman–Crippen LogP) is 3.33. The second kappa shape index (κ2) is 4.12. The van der Waals surface area contributed by atoms with Gasteiger partial charge in [-0.3, -0.25) is 9.36 Å². The number of methoxy groups -OCH3 is 2. The molecule has 2 heterocycles. The van der Waals surface area contributed by atoms with Crippen molar-refractivity contribution < 1.29 is 14.3 Å². The molecule has 2 aromatic carbocycles. The quantitative estimate of drug-likeness (QED) is 0.565. The number of hydrogen-bond donors (Lipinski definition) is 0. The van der Waals surface area contributed by atoms with Crippen molar-refractivity contribution in [2.24, 2.45) is 0 Å². The fourth-order valence-electron chi connectivity index (χ4n) is 2.97. The maximum atomic E-state index is 12.6. The summed E-state index contributed by atoms with van der Waals surface area (Å²) < 4.78 is 12.4. The monoisotopic (exact) mass is 279 g/mol. The summed E-state index contributed by atoms with van der Waals surface area (Å²) in [6.07, 6.45) is 0. The molecule has 0 saturated heterocycles. The van der Waals surface area contributed by atoms with Gasteiger partial charge in [0, 0.05) is 22.6 Å². The van der Waals surface area contributed by atoms with E-state index in [0.717, 1.165) is 27.7 Å². The SMILES string of the molecule is COc1cc2cc3n(c2cc1OC)C(=O)c1ccccc1-3. The van der Waals surface area contributed by atoms with Crippen molar-refractivity contribution in [2.45, 2.75) is 0 Å². The Morgan fingerprint density at radius 1 is 0.905 bits per heavy atom. The molecule has 0 atom stereocenters. The van der Waals surface area contributed by atoms with Crippen molar-refractivity contribution in [1.82, 2.24) is 4.57 Å². The van der Waals surface area contributed by atoms with Crippen LogP contribution in [0.15, 0.2) is 42.5 Å². The molecule has 4 rings (SSSR count). The van der Waals surface area contributed by atoms with Crippen molar-refractivity contribution in [1.29, 1.82) is 0 Å². The van der Waals surface area contributed by atoms with Crippen LogP contribution < -0.4 is 9.47 Å². The summed E-state index contributed by atoms with van der Waals surface area (Å²) in [4.78, 5) is 12.6. The van der Waals surface area contributed by atoms with Gasteiger partial charge in [0.15, 0.2) is 11.5 Å². The van der Waals surface area contributed by atoms with E-state index in [4.69, 9.17) is 9.47 Å². The first-order valence-corrected chi connectivity index (χ1v) is 6.66. The van der Waals surface area contributed by atoms with Crippen molar-refractivity contribution in [3.05, 3.63) is 48.0 Å². The topological polar surface area (TPSA) is 40.5 Å². The Morgan fingerprint density at radius 2 is 1.57 bits per heavy atom. The molecule has 0 saturated carbocycles. The van der Waals surface area contributed by atoms with Crippen LogP contribution in [0, 0.1) is 0 Å². The summed E-state index contributed by atoms with van der Waals surface area (Å²) >= 11 is 0. The molecular weight excluding hydrogens is 266 g/mol. The number of nitrogens with zero attached hydrogens (tertiary/aromatic N) is 1. The molecule has 21 heavy (non-hydrogen) atoms. The number of fused-ring (bicyclic) bond motifs is 5. The highest BCUT2D eigenvalue weighted by Crippen LogP contribution is 2.40. The number of aromatic nitrogens is 1. The zero-order valence-electron chi connectivity index (χ0n) is 11.7. The average Bonchev–Trinajstić information content (AvgIpc) is 3.02. The van der Waals surface area contributed by atoms with Gasteiger partial charge >= 0.3 is 0 Å². The van der Waals surface area contributed by atoms with Crippen LogP contribution in [0.25, 0.3) is 22.2 Å². The molecular formula is C17H13NO3. The van der Waals surface area contributed by atoms with Gasteiger partial charge in [0.2, 0.25) is 0 Å². The molecule has 1 aromatic heterocycles. The first kappa shape index (κ1) is 12.0. The molecule has 0 amide bonds. The Bertz CT molecular complexity index is 892. The van der Waals surface area contributed by atoms with Gasteiger partial charge in [0.25, 0.3) is 5.91 Å². The molecule has 1 aliphatic heterocycles. The normalized spacial score (nSPS) is 12.4. The minimum atomic E-state index is 0.00261. The van der Waals surface area contributed by atoms with Gasteiger partial charge in [-0.25, -0.2) is 0 Å². The lowest BCUT2D eigenvalue weighted by Crippen LogP contribution is -2.05. The van der Waals surface area contributed by atoms with Gasteiger partial charge in [0.05, 0.1) is 25.4 Å². The Kier molecular flexibility index (Phi) is 2.36. The third kappa shape index (κ3) is 1.47. The summed E-state index contributed by atoms with van der Waals surface area (Å²) in [5.74, 6) is 1.28. The smallest absolute Gasteiger partial charge is 0.263 e. The summed E-state index contributed by atoms with van der Waals surface area (Å²) in [5, 5.41) is 0.963. The van der Waals surface area contributed by atoms with Crippen molar-refractivity contribution >= 4 is 16.8 Å². The Labute approximate surface area is 121 Å². The van der Waals surface area contributed by atoms with E-state index >= 15 is 0 Å². The Hall–Kier alpha value is -2.75. The largest absolute Gasteiger partial charge is 0.493 e. The molecule has 104 valence electrons. The van der Waals surface area contributed by atoms with Crippen LogP contribution >= 0.6 is 0 Å². The first-order valence-electron chi connectivity index (χ1n) is 6.66. The Balaban J connectivity index is 2.07. The fourth-order valence-corrected chi connectivity index (χ4v) is 2.97. The van der Waals surface area contributed by atoms with Crippen LogP contribution in [-0.2, 0) is 0 Å². The molecule has 0 radical (unpaired) electrons. The van der Waals surface area contributed by atoms with Crippen LogP contribution in [0.1, 0.15) is 10.4 Å². The summed E-state index contributed by atoms with van der Waals surface area (Å²) in [7, 11) is 3.20. The van der Waals surface area contributed by atoms with Gasteiger partial charge < -0.3 is 9.47 Å². The molecule has 0 unspecified atom stereocenters. The lowest BCUT2D eigenvalue weighted by molar-refractivity contribution is 0.0973. The van der Waals surface area contributed by atoms with E-state index in [0.29, 0.717) is 11.5 Å². The van der Waals surface area contributed by atoms with Crippen molar-refractivity contribution in [2.75, 3.05) is 14.2 Å². The lowest BCUT2D eigenvalue weighted by atomic mass is 10.1. The molecule has 0 fully saturated rings. The molecule has 0 spiro atoms. The van der Waals surface area contributed by atoms with Crippen LogP contribution in [0.5, 0.6) is 11.5 Å². The summed E-state index contributed by atoms with van der Waals surface area (Å²) in [6.45, 7) is 0. The minimum absolute atomic E-state index is 0.00261. The van der Waals surface area contributed by atoms with Gasteiger partial charge in [-0.2, -0.15) is 0 Å². The van der Waals surface area contributed by atoms with Crippen LogP contribution in [0.2, 0.25) is 0 Å². The van der Waals surface area contributed by atoms with Crippen molar-refractivity contribution in [3.8, 4) is 22.8 Å². The standard InChI is InChI=1S/C17H13NO3/c1-20-15-8-10-7-14-11-5-3-4-6-12(11)17(19)18(14)13(10)9-16(15)21-2/h3-9H,1-2H3. The molecule has 4 nitrogen and oxygen atoms in total. The van der Waals surface area contributed by atoms with Gasteiger partial charge in [-0.05, 0) is 18.2 Å². The highest BCUT2D eigenvalue weighted by atomic mass is 16.5. The van der Waals surface area contributed by atoms with E-state index in [1.807, 2.05) is 42.5 Å². The third-order valence-electron chi connectivity index (χ3n) is 3.94. The zero-order valence-corrected chi connectivity index (χ0v) is 11.7. The van der Waals surface area contributed by atoms with E-state index in [1.165, 1.54) is 0 Å². The lowest BCUT2D eigenvalue weighted by Gasteiger charge is -2.08. The molecule has 0 bridgehead atoms. The minimum Gasteiger partial charge on any atom is -0.493 e. The number of rotatable bonds is 2. The van der Waals surface area contributed by atoms with Gasteiger partial charge in [-0.1, -0.05) is 18.2 Å². The molecule has 3 aromatic rings. The number of benzene rings is 2. The summed E-state index contributed by atoms with van der Waals surface area (Å²) in [5.41, 5.74) is 3.46. The second-order valence-electron chi connectivity index (χ2n) is 4.98. The molecule has 1 aliphatic rings. The van der Waals surface area contributed by atoms with Crippen LogP contribution in [0.3, 0.4) is 0 Å². The van der Waals surface area contributed by atoms with Crippen LogP contribution in [-0.4, -0.2) is 24.7 Å². The molecule has 0 aliphatic carbocycles. The number of carbonyl (C=O) groups excluding carboxylic acids is 1. The highest BCUT2D eigenvalue weighted by molar-refractivity contribution is 6.14. The van der Waals surface area contributed by atoms with E-state index in [2.05, 4.69) is 0 Å². The second-order valence-corrected chi connectivity index (χ2v) is 4.98. The van der Waals surface area contributed by atoms with Crippen LogP contribution in [0.4, 0.5) is 0 Å². The average molecular weight is 279 g/mol. The maximum absolute atomic E-state index is 12.6. The summed E-state index contributed by atoms with van der Waals surface area (Å²) in [6, 6.07) is 13.4. The molecule has 4 heteroatoms. The van der Waals surface area contributed by atoms with E-state index in [-0.39, 0.29) is 5.91 Å². The van der Waals surface area contributed by atoms with E-state index in [1.54, 1.807) is 18.8 Å². The van der Waals surface area contributed by atoms with E-state index in [9.17, 15) is 4.79 Å². The highest BCUT2D eigenvalue weighted by Gasteiger charge is 2.28. The number of hydrogen-bond acceptors (Lipinski definition) is 3. The van der Waals surface area contributed by atoms with Crippen molar-refractivity contribution in [3.63, 3.8) is 0 Å². The van der Waals surface area contributed by atoms with Gasteiger partial charge in [-0.15, -0.1) is 0 Å². The number of carbonyl (C=O) groups is 1. The predicted molar refractivity (Wildman–Crippen MR) is 80.2 cm³/mol. The maximum Gasteiger partial charge on any atom is 0.263 e. The van der Waals surface area contributed by atoms with E-state index < -0.39 is 0 Å². The number of ether oxygens (including phenoxy) is 2. The first-order chi connectivity index (χ1) is 10.2. The fraction of sp³-hybridized carbons (Fsp3) is 0.118. The zero-order chi connectivity index (χ0) is 14.6. The Morgan fingerprint density at radius 3 is 2.29 bits per heavy atom. The van der Waals surface area contributed by atoms with Gasteiger partial charge in [0.1, 0.15) is 0 Å².